The van der Waals surface area contributed by atoms with Crippen molar-refractivity contribution in [3.63, 3.8) is 0 Å². The number of carbonyl (C=O) groups excluding carboxylic acids is 2. The van der Waals surface area contributed by atoms with Crippen molar-refractivity contribution in [3.05, 3.63) is 90.7 Å². The van der Waals surface area contributed by atoms with Crippen molar-refractivity contribution in [2.75, 3.05) is 6.61 Å². The van der Waals surface area contributed by atoms with Crippen LogP contribution in [0.25, 0.3) is 11.0 Å². The number of hydrogen-bond donors (Lipinski definition) is 1. The average Bonchev–Trinajstić information content (AvgIpc) is 3.34. The number of ketones is 1. The van der Waals surface area contributed by atoms with Crippen LogP contribution >= 0.6 is 11.3 Å². The zero-order chi connectivity index (χ0) is 24.0. The van der Waals surface area contributed by atoms with Crippen molar-refractivity contribution in [3.8, 4) is 0 Å². The summed E-state index contributed by atoms with van der Waals surface area (Å²) < 4.78 is 11.2. The first kappa shape index (κ1) is 22.3. The second-order valence-corrected chi connectivity index (χ2v) is 9.75. The Labute approximate surface area is 200 Å². The molecule has 0 radical (unpaired) electrons. The Balaban J connectivity index is 1.70. The first-order chi connectivity index (χ1) is 16.4. The zero-order valence-corrected chi connectivity index (χ0v) is 20.1. The Morgan fingerprint density at radius 1 is 1.21 bits per heavy atom. The van der Waals surface area contributed by atoms with E-state index < -0.39 is 11.9 Å². The Kier molecular flexibility index (Phi) is 5.73. The van der Waals surface area contributed by atoms with Crippen molar-refractivity contribution < 1.29 is 18.7 Å². The third-order valence-electron chi connectivity index (χ3n) is 6.53. The number of fused-ring (bicyclic) bond motifs is 1. The van der Waals surface area contributed by atoms with Crippen LogP contribution in [-0.2, 0) is 14.3 Å². The van der Waals surface area contributed by atoms with Crippen LogP contribution in [0.5, 0.6) is 0 Å². The maximum Gasteiger partial charge on any atom is 0.336 e. The van der Waals surface area contributed by atoms with Crippen molar-refractivity contribution >= 4 is 34.1 Å². The molecule has 1 aliphatic heterocycles. The topological polar surface area (TPSA) is 85.6 Å². The molecule has 0 spiro atoms. The molecule has 5 rings (SSSR count). The molecule has 174 valence electrons. The fourth-order valence-electron chi connectivity index (χ4n) is 5.01. The van der Waals surface area contributed by atoms with Crippen LogP contribution in [-0.4, -0.2) is 18.4 Å². The summed E-state index contributed by atoms with van der Waals surface area (Å²) in [5.41, 5.74) is 3.51. The molecule has 0 saturated heterocycles. The molecule has 34 heavy (non-hydrogen) atoms. The van der Waals surface area contributed by atoms with Gasteiger partial charge in [0.05, 0.1) is 29.7 Å². The van der Waals surface area contributed by atoms with Gasteiger partial charge in [-0.2, -0.15) is 0 Å². The Hall–Kier alpha value is -3.45. The highest BCUT2D eigenvalue weighted by molar-refractivity contribution is 7.10. The third-order valence-corrected chi connectivity index (χ3v) is 7.57. The fourth-order valence-corrected chi connectivity index (χ4v) is 5.84. The second-order valence-electron chi connectivity index (χ2n) is 8.77. The van der Waals surface area contributed by atoms with Crippen LogP contribution in [0.15, 0.2) is 73.7 Å². The minimum Gasteiger partial charge on any atom is -0.464 e. The quantitative estimate of drug-likeness (QED) is 0.529. The van der Waals surface area contributed by atoms with E-state index in [1.165, 1.54) is 6.26 Å². The van der Waals surface area contributed by atoms with Gasteiger partial charge in [-0.1, -0.05) is 17.7 Å². The van der Waals surface area contributed by atoms with Crippen LogP contribution in [0.2, 0.25) is 0 Å². The SMILES string of the molecule is CCOC(=O)C1=C(C)NC2=C(C(=O)C[C@@H](c3cccs3)C2)[C@@H]1c1coc2ccc(C)cc2c1=O. The number of thiophene rings is 1. The summed E-state index contributed by atoms with van der Waals surface area (Å²) in [4.78, 5) is 41.5. The van der Waals surface area contributed by atoms with Gasteiger partial charge in [-0.3, -0.25) is 9.59 Å². The Morgan fingerprint density at radius 2 is 2.03 bits per heavy atom. The molecule has 3 heterocycles. The van der Waals surface area contributed by atoms with Gasteiger partial charge in [-0.25, -0.2) is 4.79 Å². The third kappa shape index (κ3) is 3.70. The molecule has 3 aromatic rings. The maximum atomic E-state index is 13.7. The molecule has 0 bridgehead atoms. The van der Waals surface area contributed by atoms with Gasteiger partial charge in [0.2, 0.25) is 0 Å². The van der Waals surface area contributed by atoms with E-state index in [2.05, 4.69) is 5.32 Å². The number of rotatable bonds is 4. The number of nitrogens with one attached hydrogen (secondary N) is 1. The number of esters is 1. The molecule has 1 N–H and O–H groups in total. The molecule has 0 amide bonds. The largest absolute Gasteiger partial charge is 0.464 e. The molecular weight excluding hydrogens is 450 g/mol. The highest BCUT2D eigenvalue weighted by atomic mass is 32.1. The smallest absolute Gasteiger partial charge is 0.336 e. The molecule has 1 aromatic carbocycles. The minimum absolute atomic E-state index is 0.0620. The molecule has 6 nitrogen and oxygen atoms in total. The fraction of sp³-hybridized carbons (Fsp3) is 0.296. The van der Waals surface area contributed by atoms with E-state index in [1.807, 2.05) is 30.5 Å². The highest BCUT2D eigenvalue weighted by Gasteiger charge is 2.42. The van der Waals surface area contributed by atoms with E-state index in [0.717, 1.165) is 16.1 Å². The molecule has 7 heteroatoms. The van der Waals surface area contributed by atoms with E-state index >= 15 is 0 Å². The van der Waals surface area contributed by atoms with E-state index in [-0.39, 0.29) is 34.9 Å². The van der Waals surface area contributed by atoms with Crippen molar-refractivity contribution in [1.82, 2.24) is 5.32 Å². The van der Waals surface area contributed by atoms with Gasteiger partial charge in [0.15, 0.2) is 11.2 Å². The minimum atomic E-state index is -0.840. The molecule has 2 aromatic heterocycles. The standard InChI is InChI=1S/C27H25NO5S/c1-4-32-27(31)23-15(3)28-19-11-16(22-6-5-9-34-22)12-20(29)25(19)24(23)18-13-33-21-8-7-14(2)10-17(21)26(18)30/h5-10,13,16,24,28H,4,11-12H2,1-3H3/t16-,24+/m0/s1. The van der Waals surface area contributed by atoms with Crippen LogP contribution in [0, 0.1) is 6.92 Å². The molecule has 2 aliphatic rings. The maximum absolute atomic E-state index is 13.7. The van der Waals surface area contributed by atoms with Crippen molar-refractivity contribution in [2.45, 2.75) is 45.4 Å². The number of aryl methyl sites for hydroxylation is 1. The predicted octanol–water partition coefficient (Wildman–Crippen LogP) is 5.09. The molecule has 1 aliphatic carbocycles. The first-order valence-electron chi connectivity index (χ1n) is 11.4. The summed E-state index contributed by atoms with van der Waals surface area (Å²) in [5.74, 6) is -1.39. The number of carbonyl (C=O) groups is 2. The number of benzene rings is 1. The summed E-state index contributed by atoms with van der Waals surface area (Å²) in [6, 6.07) is 9.43. The summed E-state index contributed by atoms with van der Waals surface area (Å²) in [6.45, 7) is 5.61. The molecular formula is C27H25NO5S. The lowest BCUT2D eigenvalue weighted by atomic mass is 9.73. The number of dihydropyridines is 1. The van der Waals surface area contributed by atoms with Crippen LogP contribution in [0.1, 0.15) is 54.5 Å². The van der Waals surface area contributed by atoms with E-state index in [9.17, 15) is 14.4 Å². The van der Waals surface area contributed by atoms with E-state index in [0.29, 0.717) is 35.1 Å². The van der Waals surface area contributed by atoms with Gasteiger partial charge >= 0.3 is 5.97 Å². The van der Waals surface area contributed by atoms with Gasteiger partial charge < -0.3 is 14.5 Å². The number of allylic oxidation sites excluding steroid dienone is 3. The highest BCUT2D eigenvalue weighted by Crippen LogP contribution is 2.45. The number of hydrogen-bond acceptors (Lipinski definition) is 7. The lowest BCUT2D eigenvalue weighted by Gasteiger charge is -2.36. The average molecular weight is 476 g/mol. The van der Waals surface area contributed by atoms with Crippen LogP contribution in [0.3, 0.4) is 0 Å². The van der Waals surface area contributed by atoms with Gasteiger partial charge in [0.25, 0.3) is 0 Å². The number of Topliss-reactive ketones (excluding diaryl/α,β-unsaturated/α-hetero) is 1. The normalized spacial score (nSPS) is 20.4. The van der Waals surface area contributed by atoms with E-state index in [1.54, 1.807) is 37.3 Å². The first-order valence-corrected chi connectivity index (χ1v) is 12.2. The monoisotopic (exact) mass is 475 g/mol. The summed E-state index contributed by atoms with van der Waals surface area (Å²) in [6.07, 6.45) is 2.35. The summed E-state index contributed by atoms with van der Waals surface area (Å²) >= 11 is 1.63. The van der Waals surface area contributed by atoms with E-state index in [4.69, 9.17) is 9.15 Å². The Morgan fingerprint density at radius 3 is 2.76 bits per heavy atom. The summed E-state index contributed by atoms with van der Waals surface area (Å²) in [7, 11) is 0. The molecule has 0 fully saturated rings. The lowest BCUT2D eigenvalue weighted by Crippen LogP contribution is -2.37. The molecule has 0 saturated carbocycles. The van der Waals surface area contributed by atoms with Crippen molar-refractivity contribution in [2.24, 2.45) is 0 Å². The second kappa shape index (κ2) is 8.72. The molecule has 0 unspecified atom stereocenters. The van der Waals surface area contributed by atoms with Crippen molar-refractivity contribution in [1.29, 1.82) is 0 Å². The summed E-state index contributed by atoms with van der Waals surface area (Å²) in [5, 5.41) is 5.74. The molecule has 2 atom stereocenters. The van der Waals surface area contributed by atoms with Crippen LogP contribution in [0.4, 0.5) is 0 Å². The van der Waals surface area contributed by atoms with Gasteiger partial charge in [0, 0.05) is 39.7 Å². The lowest BCUT2D eigenvalue weighted by molar-refractivity contribution is -0.138. The Bertz CT molecular complexity index is 1430. The number of ether oxygens (including phenoxy) is 1. The zero-order valence-electron chi connectivity index (χ0n) is 19.3. The van der Waals surface area contributed by atoms with Gasteiger partial charge in [0.1, 0.15) is 5.58 Å². The predicted molar refractivity (Wildman–Crippen MR) is 131 cm³/mol. The van der Waals surface area contributed by atoms with Crippen LogP contribution < -0.4 is 10.7 Å². The van der Waals surface area contributed by atoms with Gasteiger partial charge in [-0.15, -0.1) is 11.3 Å². The van der Waals surface area contributed by atoms with Gasteiger partial charge in [-0.05, 0) is 50.8 Å².